The fourth-order valence-corrected chi connectivity index (χ4v) is 3.34. The van der Waals surface area contributed by atoms with E-state index in [4.69, 9.17) is 19.9 Å². The Bertz CT molecular complexity index is 590. The van der Waals surface area contributed by atoms with Crippen molar-refractivity contribution in [1.29, 1.82) is 0 Å². The normalized spacial score (nSPS) is 30.7. The van der Waals surface area contributed by atoms with Crippen LogP contribution in [-0.4, -0.2) is 44.0 Å². The molecule has 1 aliphatic carbocycles. The number of nitrogens with two attached hydrogens (primary N) is 1. The molecule has 6 heteroatoms. The highest BCUT2D eigenvalue weighted by Crippen LogP contribution is 2.32. The van der Waals surface area contributed by atoms with Gasteiger partial charge in [0.15, 0.2) is 0 Å². The number of carbonyl (C=O) groups is 1. The van der Waals surface area contributed by atoms with Gasteiger partial charge in [-0.05, 0) is 62.1 Å². The van der Waals surface area contributed by atoms with Crippen LogP contribution < -0.4 is 5.73 Å². The topological polar surface area (TPSA) is 70.8 Å². The fourth-order valence-electron chi connectivity index (χ4n) is 3.34. The first kappa shape index (κ1) is 19.3. The summed E-state index contributed by atoms with van der Waals surface area (Å²) in [7, 11) is 0. The van der Waals surface area contributed by atoms with Crippen LogP contribution in [0.4, 0.5) is 4.39 Å². The number of cyclic esters (lactones) is 1. The minimum Gasteiger partial charge on any atom is -0.459 e. The van der Waals surface area contributed by atoms with E-state index < -0.39 is 18.1 Å². The van der Waals surface area contributed by atoms with E-state index in [1.54, 1.807) is 12.1 Å². The lowest BCUT2D eigenvalue weighted by Gasteiger charge is -2.33. The van der Waals surface area contributed by atoms with Crippen LogP contribution in [0.5, 0.6) is 0 Å². The minimum absolute atomic E-state index is 0.108. The predicted molar refractivity (Wildman–Crippen MR) is 95.0 cm³/mol. The molecular weight excluding hydrogens is 337 g/mol. The molecule has 2 fully saturated rings. The summed E-state index contributed by atoms with van der Waals surface area (Å²) in [5, 5.41) is 0. The van der Waals surface area contributed by atoms with Crippen molar-refractivity contribution in [2.24, 2.45) is 17.6 Å². The van der Waals surface area contributed by atoms with Gasteiger partial charge in [-0.1, -0.05) is 12.1 Å². The van der Waals surface area contributed by atoms with Crippen molar-refractivity contribution in [3.63, 3.8) is 0 Å². The Hall–Kier alpha value is -1.50. The van der Waals surface area contributed by atoms with Crippen LogP contribution in [0.15, 0.2) is 24.3 Å². The van der Waals surface area contributed by atoms with Crippen LogP contribution in [0.2, 0.25) is 0 Å². The van der Waals surface area contributed by atoms with E-state index in [0.717, 1.165) is 12.0 Å². The summed E-state index contributed by atoms with van der Waals surface area (Å²) >= 11 is 0. The predicted octanol–water partition coefficient (Wildman–Crippen LogP) is 2.46. The van der Waals surface area contributed by atoms with E-state index in [1.807, 2.05) is 6.92 Å². The maximum atomic E-state index is 13.2. The Morgan fingerprint density at radius 3 is 2.65 bits per heavy atom. The van der Waals surface area contributed by atoms with Crippen LogP contribution in [0, 0.1) is 17.7 Å². The largest absolute Gasteiger partial charge is 0.459 e. The Labute approximate surface area is 154 Å². The zero-order chi connectivity index (χ0) is 18.5. The third-order valence-electron chi connectivity index (χ3n) is 5.09. The molecule has 0 aromatic heterocycles. The number of esters is 1. The summed E-state index contributed by atoms with van der Waals surface area (Å²) in [6.07, 6.45) is 3.23. The van der Waals surface area contributed by atoms with E-state index >= 15 is 0 Å². The molecule has 5 nitrogen and oxygen atoms in total. The van der Waals surface area contributed by atoms with Gasteiger partial charge in [-0.2, -0.15) is 0 Å². The molecule has 0 radical (unpaired) electrons. The van der Waals surface area contributed by atoms with Crippen molar-refractivity contribution in [1.82, 2.24) is 0 Å². The van der Waals surface area contributed by atoms with Crippen molar-refractivity contribution in [2.75, 3.05) is 19.8 Å². The highest BCUT2D eigenvalue weighted by atomic mass is 19.1. The summed E-state index contributed by atoms with van der Waals surface area (Å²) in [4.78, 5) is 12.1. The Morgan fingerprint density at radius 1 is 1.23 bits per heavy atom. The van der Waals surface area contributed by atoms with Gasteiger partial charge in [-0.3, -0.25) is 4.79 Å². The van der Waals surface area contributed by atoms with Crippen molar-refractivity contribution in [2.45, 2.75) is 50.9 Å². The van der Waals surface area contributed by atoms with Gasteiger partial charge in [0.2, 0.25) is 0 Å². The molecule has 3 rings (SSSR count). The molecule has 0 spiro atoms. The Kier molecular flexibility index (Phi) is 6.62. The lowest BCUT2D eigenvalue weighted by molar-refractivity contribution is -0.165. The molecule has 2 N–H and O–H groups in total. The van der Waals surface area contributed by atoms with Gasteiger partial charge in [0.1, 0.15) is 18.0 Å². The molecular formula is C20H28FNO4. The maximum Gasteiger partial charge on any atom is 0.325 e. The lowest BCUT2D eigenvalue weighted by Crippen LogP contribution is -2.45. The van der Waals surface area contributed by atoms with Crippen LogP contribution in [0.1, 0.15) is 31.7 Å². The summed E-state index contributed by atoms with van der Waals surface area (Å²) in [6.45, 7) is 3.20. The van der Waals surface area contributed by atoms with Gasteiger partial charge in [0.05, 0.1) is 12.7 Å². The molecule has 1 aromatic rings. The van der Waals surface area contributed by atoms with Gasteiger partial charge < -0.3 is 19.9 Å². The van der Waals surface area contributed by atoms with E-state index in [9.17, 15) is 9.18 Å². The van der Waals surface area contributed by atoms with Crippen molar-refractivity contribution in [3.8, 4) is 0 Å². The van der Waals surface area contributed by atoms with Crippen LogP contribution in [-0.2, 0) is 25.4 Å². The molecule has 1 aliphatic heterocycles. The lowest BCUT2D eigenvalue weighted by atomic mass is 9.88. The number of ether oxygens (including phenoxy) is 3. The summed E-state index contributed by atoms with van der Waals surface area (Å²) in [5.41, 5.74) is 6.84. The molecule has 144 valence electrons. The standard InChI is InChI=1S/C20H28FNO4/c1-13-19(25-11-15-2-3-15)16(10-14-4-6-17(21)7-5-14)8-9-24-12-18(22)20(23)26-13/h4-7,13,15-16,18-19H,2-3,8-12,22H2,1H3/t13-,16+,18-,19-/m0/s1. The van der Waals surface area contributed by atoms with E-state index in [0.29, 0.717) is 25.6 Å². The molecule has 1 heterocycles. The highest BCUT2D eigenvalue weighted by molar-refractivity contribution is 5.75. The Balaban J connectivity index is 1.74. The minimum atomic E-state index is -0.768. The number of rotatable bonds is 5. The van der Waals surface area contributed by atoms with Gasteiger partial charge in [0.25, 0.3) is 0 Å². The van der Waals surface area contributed by atoms with Crippen LogP contribution in [0.25, 0.3) is 0 Å². The fraction of sp³-hybridized carbons (Fsp3) is 0.650. The van der Waals surface area contributed by atoms with Crippen molar-refractivity contribution in [3.05, 3.63) is 35.6 Å². The summed E-state index contributed by atoms with van der Waals surface area (Å²) in [5.74, 6) is 0.00966. The molecule has 0 bridgehead atoms. The second-order valence-corrected chi connectivity index (χ2v) is 7.44. The zero-order valence-corrected chi connectivity index (χ0v) is 15.2. The number of halogens is 1. The molecule has 4 atom stereocenters. The van der Waals surface area contributed by atoms with Crippen molar-refractivity contribution < 1.29 is 23.4 Å². The molecule has 1 saturated carbocycles. The number of hydrogen-bond donors (Lipinski definition) is 1. The first-order valence-corrected chi connectivity index (χ1v) is 9.43. The quantitative estimate of drug-likeness (QED) is 0.812. The number of benzene rings is 1. The third-order valence-corrected chi connectivity index (χ3v) is 5.09. The van der Waals surface area contributed by atoms with Gasteiger partial charge in [0, 0.05) is 13.2 Å². The average molecular weight is 365 g/mol. The van der Waals surface area contributed by atoms with Gasteiger partial charge in [-0.15, -0.1) is 0 Å². The third kappa shape index (κ3) is 5.50. The highest BCUT2D eigenvalue weighted by Gasteiger charge is 2.34. The van der Waals surface area contributed by atoms with Gasteiger partial charge in [-0.25, -0.2) is 4.39 Å². The monoisotopic (exact) mass is 365 g/mol. The second kappa shape index (κ2) is 8.93. The van der Waals surface area contributed by atoms with E-state index in [2.05, 4.69) is 0 Å². The summed E-state index contributed by atoms with van der Waals surface area (Å²) < 4.78 is 30.5. The Morgan fingerprint density at radius 2 is 1.96 bits per heavy atom. The molecule has 0 amide bonds. The first-order valence-electron chi connectivity index (χ1n) is 9.43. The second-order valence-electron chi connectivity index (χ2n) is 7.44. The molecule has 1 aromatic carbocycles. The van der Waals surface area contributed by atoms with Gasteiger partial charge >= 0.3 is 5.97 Å². The SMILES string of the molecule is C[C@@H]1OC(=O)[C@@H](N)COCC[C@H](Cc2ccc(F)cc2)[C@H]1OCC1CC1. The number of carbonyl (C=O) groups excluding carboxylic acids is 1. The first-order chi connectivity index (χ1) is 12.5. The molecule has 1 saturated heterocycles. The average Bonchev–Trinajstić information content (AvgIpc) is 3.43. The zero-order valence-electron chi connectivity index (χ0n) is 15.2. The maximum absolute atomic E-state index is 13.2. The molecule has 2 aliphatic rings. The summed E-state index contributed by atoms with van der Waals surface area (Å²) in [6, 6.07) is 5.75. The van der Waals surface area contributed by atoms with E-state index in [1.165, 1.54) is 25.0 Å². The van der Waals surface area contributed by atoms with E-state index in [-0.39, 0.29) is 24.4 Å². The molecule has 0 unspecified atom stereocenters. The van der Waals surface area contributed by atoms with Crippen LogP contribution >= 0.6 is 0 Å². The van der Waals surface area contributed by atoms with Crippen molar-refractivity contribution >= 4 is 5.97 Å². The smallest absolute Gasteiger partial charge is 0.325 e. The molecule has 26 heavy (non-hydrogen) atoms. The number of hydrogen-bond acceptors (Lipinski definition) is 5. The van der Waals surface area contributed by atoms with Crippen LogP contribution in [0.3, 0.4) is 0 Å².